The molecule has 26 heavy (non-hydrogen) atoms. The Morgan fingerprint density at radius 3 is 2.54 bits per heavy atom. The molecule has 0 saturated heterocycles. The lowest BCUT2D eigenvalue weighted by Gasteiger charge is -2.11. The van der Waals surface area contributed by atoms with Crippen molar-refractivity contribution in [1.82, 2.24) is 16.0 Å². The lowest BCUT2D eigenvalue weighted by molar-refractivity contribution is 0.0953. The summed E-state index contributed by atoms with van der Waals surface area (Å²) in [5.41, 5.74) is 1.71. The fourth-order valence-electron chi connectivity index (χ4n) is 2.03. The molecule has 7 heteroatoms. The van der Waals surface area contributed by atoms with Crippen LogP contribution in [0.25, 0.3) is 0 Å². The topological polar surface area (TPSA) is 74.8 Å². The van der Waals surface area contributed by atoms with Crippen LogP contribution in [-0.2, 0) is 11.3 Å². The van der Waals surface area contributed by atoms with Crippen molar-refractivity contribution in [3.05, 3.63) is 48.0 Å². The van der Waals surface area contributed by atoms with E-state index in [1.54, 1.807) is 13.2 Å². The molecule has 1 rings (SSSR count). The third-order valence-corrected chi connectivity index (χ3v) is 3.46. The highest BCUT2D eigenvalue weighted by Crippen LogP contribution is 2.06. The van der Waals surface area contributed by atoms with Gasteiger partial charge in [-0.3, -0.25) is 4.79 Å². The molecule has 0 spiro atoms. The average Bonchev–Trinajstić information content (AvgIpc) is 2.64. The molecule has 0 saturated carbocycles. The lowest BCUT2D eigenvalue weighted by Crippen LogP contribution is -2.39. The number of rotatable bonds is 11. The summed E-state index contributed by atoms with van der Waals surface area (Å²) in [4.78, 5) is 16.5. The van der Waals surface area contributed by atoms with Crippen LogP contribution in [0.15, 0.2) is 41.9 Å². The number of guanidine groups is 1. The van der Waals surface area contributed by atoms with Crippen LogP contribution in [0.5, 0.6) is 0 Å². The Morgan fingerprint density at radius 2 is 1.92 bits per heavy atom. The summed E-state index contributed by atoms with van der Waals surface area (Å²) in [6.45, 7) is 8.95. The maximum atomic E-state index is 12.0. The number of carbonyl (C=O) groups excluding carboxylic acids is 1. The number of methoxy groups -OCH3 is 1. The molecule has 1 aromatic carbocycles. The summed E-state index contributed by atoms with van der Waals surface area (Å²) < 4.78 is 5.03. The first-order valence-electron chi connectivity index (χ1n) is 8.70. The predicted molar refractivity (Wildman–Crippen MR) is 118 cm³/mol. The normalized spacial score (nSPS) is 10.6. The van der Waals surface area contributed by atoms with E-state index in [9.17, 15) is 4.79 Å². The van der Waals surface area contributed by atoms with Crippen molar-refractivity contribution >= 4 is 35.8 Å². The second-order valence-corrected chi connectivity index (χ2v) is 5.56. The molecule has 0 fully saturated rings. The third kappa shape index (κ3) is 10.4. The van der Waals surface area contributed by atoms with Gasteiger partial charge in [0.15, 0.2) is 5.96 Å². The van der Waals surface area contributed by atoms with Gasteiger partial charge in [-0.15, -0.1) is 30.6 Å². The standard InChI is InChI=1S/C19H30N4O2.HI/c1-4-6-12-20-18(24)17-9-7-16(8-10-17)15-23-19(21-11-5-2)22-13-14-25-3;/h5,7-10H,2,4,6,11-15H2,1,3H3,(H,20,24)(H2,21,22,23);1H. The van der Waals surface area contributed by atoms with E-state index in [1.807, 2.05) is 24.3 Å². The first-order chi connectivity index (χ1) is 12.2. The molecule has 1 amide bonds. The van der Waals surface area contributed by atoms with Crippen molar-refractivity contribution < 1.29 is 9.53 Å². The van der Waals surface area contributed by atoms with Gasteiger partial charge in [0.05, 0.1) is 13.2 Å². The zero-order valence-electron chi connectivity index (χ0n) is 15.7. The van der Waals surface area contributed by atoms with Crippen molar-refractivity contribution in [1.29, 1.82) is 0 Å². The Labute approximate surface area is 173 Å². The minimum absolute atomic E-state index is 0. The Hall–Kier alpha value is -1.61. The zero-order chi connectivity index (χ0) is 18.3. The molecular weight excluding hydrogens is 443 g/mol. The predicted octanol–water partition coefficient (Wildman–Crippen LogP) is 2.70. The number of nitrogens with zero attached hydrogens (tertiary/aromatic N) is 1. The molecule has 0 aliphatic carbocycles. The quantitative estimate of drug-likeness (QED) is 0.152. The summed E-state index contributed by atoms with van der Waals surface area (Å²) in [5.74, 6) is 0.677. The van der Waals surface area contributed by atoms with Crippen LogP contribution in [0.3, 0.4) is 0 Å². The number of carbonyl (C=O) groups is 1. The average molecular weight is 474 g/mol. The number of unbranched alkanes of at least 4 members (excludes halogenated alkanes) is 1. The molecule has 6 nitrogen and oxygen atoms in total. The summed E-state index contributed by atoms with van der Waals surface area (Å²) in [7, 11) is 1.66. The van der Waals surface area contributed by atoms with Gasteiger partial charge in [0.2, 0.25) is 0 Å². The largest absolute Gasteiger partial charge is 0.383 e. The Balaban J connectivity index is 0.00000625. The molecule has 0 atom stereocenters. The highest BCUT2D eigenvalue weighted by molar-refractivity contribution is 14.0. The van der Waals surface area contributed by atoms with Gasteiger partial charge in [-0.25, -0.2) is 4.99 Å². The van der Waals surface area contributed by atoms with Crippen molar-refractivity contribution in [2.24, 2.45) is 4.99 Å². The molecule has 0 aliphatic rings. The van der Waals surface area contributed by atoms with Gasteiger partial charge >= 0.3 is 0 Å². The monoisotopic (exact) mass is 474 g/mol. The number of benzene rings is 1. The number of ether oxygens (including phenoxy) is 1. The number of nitrogens with one attached hydrogen (secondary N) is 3. The van der Waals surface area contributed by atoms with Gasteiger partial charge in [0.25, 0.3) is 5.91 Å². The molecule has 0 heterocycles. The van der Waals surface area contributed by atoms with E-state index in [1.165, 1.54) is 0 Å². The lowest BCUT2D eigenvalue weighted by atomic mass is 10.1. The van der Waals surface area contributed by atoms with Gasteiger partial charge in [0.1, 0.15) is 0 Å². The fraction of sp³-hybridized carbons (Fsp3) is 0.474. The molecule has 0 aromatic heterocycles. The fourth-order valence-corrected chi connectivity index (χ4v) is 2.03. The summed E-state index contributed by atoms with van der Waals surface area (Å²) in [6, 6.07) is 7.53. The number of halogens is 1. The van der Waals surface area contributed by atoms with Gasteiger partial charge < -0.3 is 20.7 Å². The number of amides is 1. The molecule has 3 N–H and O–H groups in total. The third-order valence-electron chi connectivity index (χ3n) is 3.46. The van der Waals surface area contributed by atoms with Gasteiger partial charge in [0, 0.05) is 32.3 Å². The maximum absolute atomic E-state index is 12.0. The second-order valence-electron chi connectivity index (χ2n) is 5.56. The van der Waals surface area contributed by atoms with Crippen molar-refractivity contribution in [2.75, 3.05) is 33.4 Å². The summed E-state index contributed by atoms with van der Waals surface area (Å²) in [5, 5.41) is 9.26. The maximum Gasteiger partial charge on any atom is 0.251 e. The van der Waals surface area contributed by atoms with Crippen LogP contribution in [0.2, 0.25) is 0 Å². The second kappa shape index (κ2) is 15.6. The Bertz CT molecular complexity index is 547. The van der Waals surface area contributed by atoms with Gasteiger partial charge in [-0.1, -0.05) is 31.6 Å². The van der Waals surface area contributed by atoms with Gasteiger partial charge in [-0.05, 0) is 24.1 Å². The van der Waals surface area contributed by atoms with Gasteiger partial charge in [-0.2, -0.15) is 0 Å². The van der Waals surface area contributed by atoms with E-state index in [2.05, 4.69) is 34.4 Å². The van der Waals surface area contributed by atoms with E-state index in [4.69, 9.17) is 4.74 Å². The highest BCUT2D eigenvalue weighted by Gasteiger charge is 2.04. The molecule has 1 aromatic rings. The summed E-state index contributed by atoms with van der Waals surface area (Å²) in [6.07, 6.45) is 3.84. The molecular formula is C19H31IN4O2. The van der Waals surface area contributed by atoms with Crippen LogP contribution in [-0.4, -0.2) is 45.2 Å². The molecule has 146 valence electrons. The Morgan fingerprint density at radius 1 is 1.19 bits per heavy atom. The van der Waals surface area contributed by atoms with Crippen LogP contribution in [0, 0.1) is 0 Å². The Kier molecular flexibility index (Phi) is 14.7. The minimum atomic E-state index is -0.0296. The number of aliphatic imine (C=N–C) groups is 1. The zero-order valence-corrected chi connectivity index (χ0v) is 18.0. The van der Waals surface area contributed by atoms with Crippen LogP contribution < -0.4 is 16.0 Å². The SMILES string of the molecule is C=CCNC(=NCc1ccc(C(=O)NCCCC)cc1)NCCOC.I. The van der Waals surface area contributed by atoms with E-state index >= 15 is 0 Å². The van der Waals surface area contributed by atoms with Crippen LogP contribution >= 0.6 is 24.0 Å². The molecule has 0 radical (unpaired) electrons. The highest BCUT2D eigenvalue weighted by atomic mass is 127. The van der Waals surface area contributed by atoms with E-state index in [-0.39, 0.29) is 29.9 Å². The first-order valence-corrected chi connectivity index (χ1v) is 8.70. The van der Waals surface area contributed by atoms with Crippen LogP contribution in [0.4, 0.5) is 0 Å². The number of hydrogen-bond acceptors (Lipinski definition) is 3. The molecule has 0 bridgehead atoms. The first kappa shape index (κ1) is 24.4. The van der Waals surface area contributed by atoms with Crippen molar-refractivity contribution in [3.63, 3.8) is 0 Å². The van der Waals surface area contributed by atoms with Crippen LogP contribution in [0.1, 0.15) is 35.7 Å². The summed E-state index contributed by atoms with van der Waals surface area (Å²) >= 11 is 0. The van der Waals surface area contributed by atoms with E-state index in [0.29, 0.717) is 44.3 Å². The van der Waals surface area contributed by atoms with Crippen molar-refractivity contribution in [3.8, 4) is 0 Å². The van der Waals surface area contributed by atoms with E-state index < -0.39 is 0 Å². The smallest absolute Gasteiger partial charge is 0.251 e. The minimum Gasteiger partial charge on any atom is -0.383 e. The van der Waals surface area contributed by atoms with Crippen molar-refractivity contribution in [2.45, 2.75) is 26.3 Å². The molecule has 0 unspecified atom stereocenters. The molecule has 0 aliphatic heterocycles. The van der Waals surface area contributed by atoms with E-state index in [0.717, 1.165) is 18.4 Å². The number of hydrogen-bond donors (Lipinski definition) is 3.